The minimum Gasteiger partial charge on any atom is -0.276 e. The number of nitrogens with zero attached hydrogens (tertiary/aromatic N) is 2. The number of hydrazone groups is 1. The van der Waals surface area contributed by atoms with Crippen LogP contribution in [0.1, 0.15) is 0 Å². The summed E-state index contributed by atoms with van der Waals surface area (Å²) in [6, 6.07) is 8.10. The molecule has 1 aromatic carbocycles. The van der Waals surface area contributed by atoms with E-state index < -0.39 is 20.7 Å². The van der Waals surface area contributed by atoms with Crippen molar-refractivity contribution in [3.05, 3.63) is 46.6 Å². The van der Waals surface area contributed by atoms with Gasteiger partial charge in [-0.15, -0.1) is 11.3 Å². The molecule has 0 atom stereocenters. The highest BCUT2D eigenvalue weighted by atomic mass is 35.5. The molecule has 5 nitrogen and oxygen atoms in total. The smallest absolute Gasteiger partial charge is 0.257 e. The van der Waals surface area contributed by atoms with Crippen LogP contribution in [0.3, 0.4) is 0 Å². The fraction of sp³-hybridized carbons (Fsp3) is 0. The van der Waals surface area contributed by atoms with E-state index in [1.54, 1.807) is 11.4 Å². The van der Waals surface area contributed by atoms with Gasteiger partial charge in [0.05, 0.1) is 10.7 Å². The number of benzene rings is 1. The molecule has 0 fully saturated rings. The maximum atomic E-state index is 13.0. The quantitative estimate of drug-likeness (QED) is 0.526. The highest BCUT2D eigenvalue weighted by Crippen LogP contribution is 2.21. The van der Waals surface area contributed by atoms with Crippen LogP contribution in [0.4, 0.5) is 10.1 Å². The predicted molar refractivity (Wildman–Crippen MR) is 79.6 cm³/mol. The number of nitrogens with one attached hydrogen (secondary N) is 1. The lowest BCUT2D eigenvalue weighted by Gasteiger charge is -2.03. The Balaban J connectivity index is 2.30. The SMILES string of the molecule is N#C/C(=N\Nc1ccc(F)c(Cl)c1)S(=O)(=O)c1cccs1. The number of anilines is 1. The lowest BCUT2D eigenvalue weighted by molar-refractivity contribution is 0.609. The van der Waals surface area contributed by atoms with Crippen molar-refractivity contribution in [2.75, 3.05) is 5.43 Å². The van der Waals surface area contributed by atoms with Crippen LogP contribution in [0.5, 0.6) is 0 Å². The van der Waals surface area contributed by atoms with E-state index in [0.29, 0.717) is 0 Å². The number of hydrogen-bond acceptors (Lipinski definition) is 6. The largest absolute Gasteiger partial charge is 0.276 e. The summed E-state index contributed by atoms with van der Waals surface area (Å²) in [5.74, 6) is -0.613. The van der Waals surface area contributed by atoms with Gasteiger partial charge in [0.2, 0.25) is 9.84 Å². The molecule has 0 radical (unpaired) electrons. The Morgan fingerprint density at radius 3 is 2.76 bits per heavy atom. The van der Waals surface area contributed by atoms with Crippen LogP contribution >= 0.6 is 22.9 Å². The van der Waals surface area contributed by atoms with Crippen molar-refractivity contribution in [1.82, 2.24) is 0 Å². The molecule has 21 heavy (non-hydrogen) atoms. The van der Waals surface area contributed by atoms with E-state index in [4.69, 9.17) is 16.9 Å². The normalized spacial score (nSPS) is 12.0. The van der Waals surface area contributed by atoms with E-state index in [9.17, 15) is 12.8 Å². The zero-order chi connectivity index (χ0) is 15.5. The first-order valence-corrected chi connectivity index (χ1v) is 8.16. The third-order valence-corrected chi connectivity index (χ3v) is 5.57. The average Bonchev–Trinajstić information content (AvgIpc) is 2.98. The lowest BCUT2D eigenvalue weighted by Crippen LogP contribution is -2.13. The van der Waals surface area contributed by atoms with Crippen molar-refractivity contribution in [2.45, 2.75) is 4.21 Å². The first-order valence-electron chi connectivity index (χ1n) is 5.42. The lowest BCUT2D eigenvalue weighted by atomic mass is 10.3. The molecule has 0 unspecified atom stereocenters. The van der Waals surface area contributed by atoms with E-state index >= 15 is 0 Å². The van der Waals surface area contributed by atoms with Gasteiger partial charge in [0.1, 0.15) is 16.1 Å². The molecule has 0 bridgehead atoms. The van der Waals surface area contributed by atoms with Crippen LogP contribution in [0, 0.1) is 17.1 Å². The van der Waals surface area contributed by atoms with Crippen LogP contribution in [0.25, 0.3) is 0 Å². The van der Waals surface area contributed by atoms with E-state index in [1.165, 1.54) is 24.3 Å². The van der Waals surface area contributed by atoms with Gasteiger partial charge >= 0.3 is 0 Å². The molecular weight excluding hydrogens is 337 g/mol. The van der Waals surface area contributed by atoms with Crippen molar-refractivity contribution in [3.63, 3.8) is 0 Å². The molecule has 2 aromatic rings. The van der Waals surface area contributed by atoms with Crippen molar-refractivity contribution < 1.29 is 12.8 Å². The fourth-order valence-corrected chi connectivity index (χ4v) is 3.61. The first kappa shape index (κ1) is 15.4. The van der Waals surface area contributed by atoms with E-state index in [1.807, 2.05) is 0 Å². The van der Waals surface area contributed by atoms with Gasteiger partial charge < -0.3 is 0 Å². The van der Waals surface area contributed by atoms with Crippen LogP contribution < -0.4 is 5.43 Å². The molecule has 0 aliphatic rings. The molecular formula is C12H7ClFN3O2S2. The Hall–Kier alpha value is -1.95. The van der Waals surface area contributed by atoms with Gasteiger partial charge in [-0.3, -0.25) is 5.43 Å². The molecule has 2 rings (SSSR count). The van der Waals surface area contributed by atoms with Gasteiger partial charge in [0, 0.05) is 0 Å². The maximum absolute atomic E-state index is 13.0. The Bertz CT molecular complexity index is 827. The Morgan fingerprint density at radius 1 is 1.43 bits per heavy atom. The molecule has 0 saturated carbocycles. The van der Waals surface area contributed by atoms with Crippen molar-refractivity contribution in [2.24, 2.45) is 5.10 Å². The summed E-state index contributed by atoms with van der Waals surface area (Å²) in [5, 5.41) is 13.3. The number of rotatable bonds is 3. The average molecular weight is 344 g/mol. The summed E-state index contributed by atoms with van der Waals surface area (Å²) in [6.07, 6.45) is 0. The van der Waals surface area contributed by atoms with Gasteiger partial charge in [-0.05, 0) is 29.6 Å². The number of sulfone groups is 1. The predicted octanol–water partition coefficient (Wildman–Crippen LogP) is 3.26. The number of thiophene rings is 1. The van der Waals surface area contributed by atoms with Crippen molar-refractivity contribution in [1.29, 1.82) is 5.26 Å². The molecule has 0 aliphatic heterocycles. The standard InChI is InChI=1S/C12H7ClFN3O2S2/c13-9-6-8(3-4-10(9)14)16-17-11(7-15)21(18,19)12-2-1-5-20-12/h1-6,16H/b17-11+. The third-order valence-electron chi connectivity index (χ3n) is 2.32. The maximum Gasteiger partial charge on any atom is 0.257 e. The molecule has 0 aliphatic carbocycles. The first-order chi connectivity index (χ1) is 9.95. The minimum atomic E-state index is -3.96. The fourth-order valence-electron chi connectivity index (χ4n) is 1.34. The molecule has 0 amide bonds. The monoisotopic (exact) mass is 343 g/mol. The second-order valence-corrected chi connectivity index (χ2v) is 7.15. The van der Waals surface area contributed by atoms with Crippen molar-refractivity contribution >= 4 is 43.5 Å². The third kappa shape index (κ3) is 3.39. The Labute approximate surface area is 129 Å². The molecule has 1 aromatic heterocycles. The number of halogens is 2. The summed E-state index contributed by atoms with van der Waals surface area (Å²) in [7, 11) is -3.96. The summed E-state index contributed by atoms with van der Waals surface area (Å²) in [5.41, 5.74) is 2.63. The van der Waals surface area contributed by atoms with Crippen molar-refractivity contribution in [3.8, 4) is 6.07 Å². The highest BCUT2D eigenvalue weighted by Gasteiger charge is 2.23. The van der Waals surface area contributed by atoms with Gasteiger partial charge in [-0.1, -0.05) is 17.7 Å². The molecule has 9 heteroatoms. The van der Waals surface area contributed by atoms with Gasteiger partial charge in [0.15, 0.2) is 0 Å². The molecule has 1 heterocycles. The highest BCUT2D eigenvalue weighted by molar-refractivity contribution is 8.08. The van der Waals surface area contributed by atoms with Gasteiger partial charge in [-0.25, -0.2) is 12.8 Å². The van der Waals surface area contributed by atoms with E-state index in [2.05, 4.69) is 10.5 Å². The topological polar surface area (TPSA) is 82.3 Å². The Kier molecular flexibility index (Phi) is 4.57. The summed E-state index contributed by atoms with van der Waals surface area (Å²) in [6.45, 7) is 0. The second kappa shape index (κ2) is 6.22. The van der Waals surface area contributed by atoms with Crippen LogP contribution in [-0.2, 0) is 9.84 Å². The summed E-state index contributed by atoms with van der Waals surface area (Å²) < 4.78 is 37.2. The van der Waals surface area contributed by atoms with E-state index in [-0.39, 0.29) is 14.9 Å². The molecule has 1 N–H and O–H groups in total. The summed E-state index contributed by atoms with van der Waals surface area (Å²) in [4.78, 5) is 0. The summed E-state index contributed by atoms with van der Waals surface area (Å²) >= 11 is 6.57. The Morgan fingerprint density at radius 2 is 2.19 bits per heavy atom. The van der Waals surface area contributed by atoms with Gasteiger partial charge in [-0.2, -0.15) is 10.4 Å². The second-order valence-electron chi connectivity index (χ2n) is 3.70. The molecule has 0 saturated heterocycles. The van der Waals surface area contributed by atoms with Crippen LogP contribution in [0.2, 0.25) is 5.02 Å². The number of hydrogen-bond donors (Lipinski definition) is 1. The van der Waals surface area contributed by atoms with Gasteiger partial charge in [0.25, 0.3) is 5.04 Å². The zero-order valence-electron chi connectivity index (χ0n) is 10.2. The minimum absolute atomic E-state index is 0.0155. The number of nitriles is 1. The van der Waals surface area contributed by atoms with E-state index in [0.717, 1.165) is 17.4 Å². The molecule has 0 spiro atoms. The van der Waals surface area contributed by atoms with Crippen LogP contribution in [-0.4, -0.2) is 13.5 Å². The molecule has 108 valence electrons. The van der Waals surface area contributed by atoms with Crippen LogP contribution in [0.15, 0.2) is 45.0 Å². The zero-order valence-corrected chi connectivity index (χ0v) is 12.6.